The molecule has 0 bridgehead atoms. The number of aliphatic hydroxyl groups excluding tert-OH is 2. The van der Waals surface area contributed by atoms with E-state index in [1.165, 1.54) is 0 Å². The molecule has 0 aliphatic carbocycles. The van der Waals surface area contributed by atoms with Crippen LogP contribution in [0.15, 0.2) is 48.7 Å². The Morgan fingerprint density at radius 3 is 2.39 bits per heavy atom. The van der Waals surface area contributed by atoms with E-state index >= 15 is 0 Å². The second-order valence-corrected chi connectivity index (χ2v) is 8.53. The number of nitrogens with one attached hydrogen (secondary N) is 1. The fourth-order valence-electron chi connectivity index (χ4n) is 4.19. The lowest BCUT2D eigenvalue weighted by Gasteiger charge is -2.36. The summed E-state index contributed by atoms with van der Waals surface area (Å²) in [5, 5.41) is 23.5. The topological polar surface area (TPSA) is 115 Å². The van der Waals surface area contributed by atoms with Crippen LogP contribution in [0.25, 0.3) is 0 Å². The molecule has 4 rings (SSSR count). The number of benzene rings is 1. The first-order chi connectivity index (χ1) is 15.9. The molecule has 2 saturated heterocycles. The van der Waals surface area contributed by atoms with Gasteiger partial charge in [0.1, 0.15) is 24.1 Å². The average molecular weight is 455 g/mol. The van der Waals surface area contributed by atoms with Crippen LogP contribution in [0, 0.1) is 6.92 Å². The van der Waals surface area contributed by atoms with E-state index in [2.05, 4.69) is 15.2 Å². The zero-order valence-electron chi connectivity index (χ0n) is 18.6. The molecule has 9 nitrogen and oxygen atoms in total. The van der Waals surface area contributed by atoms with Crippen molar-refractivity contribution in [1.29, 1.82) is 0 Å². The molecule has 3 heterocycles. The normalized spacial score (nSPS) is 25.2. The maximum Gasteiger partial charge on any atom is 0.251 e. The lowest BCUT2D eigenvalue weighted by molar-refractivity contribution is -0.135. The summed E-state index contributed by atoms with van der Waals surface area (Å²) in [6, 6.07) is 12.9. The SMILES string of the molecule is Cc1ccc(C(=O)NC[C@H]2O[C@@H](CC(=O)N3CCN(c4ccccn4)CC3)[C@H](O)[C@@H]2O)cc1. The molecule has 4 atom stereocenters. The number of aryl methyl sites for hydroxylation is 1. The van der Waals surface area contributed by atoms with Crippen LogP contribution in [-0.2, 0) is 9.53 Å². The third kappa shape index (κ3) is 5.50. The lowest BCUT2D eigenvalue weighted by Crippen LogP contribution is -2.50. The maximum atomic E-state index is 12.8. The molecule has 2 fully saturated rings. The molecule has 0 spiro atoms. The average Bonchev–Trinajstić information content (AvgIpc) is 3.11. The van der Waals surface area contributed by atoms with Crippen molar-refractivity contribution in [2.24, 2.45) is 0 Å². The highest BCUT2D eigenvalue weighted by atomic mass is 16.5. The van der Waals surface area contributed by atoms with Gasteiger partial charge >= 0.3 is 0 Å². The quantitative estimate of drug-likeness (QED) is 0.577. The highest BCUT2D eigenvalue weighted by Crippen LogP contribution is 2.24. The van der Waals surface area contributed by atoms with Gasteiger partial charge in [0.25, 0.3) is 5.91 Å². The Hall–Kier alpha value is -3.01. The molecular weight excluding hydrogens is 424 g/mol. The molecule has 0 saturated carbocycles. The third-order valence-electron chi connectivity index (χ3n) is 6.22. The smallest absolute Gasteiger partial charge is 0.251 e. The number of ether oxygens (including phenoxy) is 1. The Labute approximate surface area is 193 Å². The summed E-state index contributed by atoms with van der Waals surface area (Å²) < 4.78 is 5.76. The van der Waals surface area contributed by atoms with Gasteiger partial charge in [-0.15, -0.1) is 0 Å². The van der Waals surface area contributed by atoms with Gasteiger partial charge in [-0.2, -0.15) is 0 Å². The van der Waals surface area contributed by atoms with Crippen molar-refractivity contribution in [1.82, 2.24) is 15.2 Å². The number of aromatic nitrogens is 1. The number of anilines is 1. The van der Waals surface area contributed by atoms with Crippen molar-refractivity contribution >= 4 is 17.6 Å². The van der Waals surface area contributed by atoms with Gasteiger partial charge in [-0.3, -0.25) is 9.59 Å². The van der Waals surface area contributed by atoms with Gasteiger partial charge in [0, 0.05) is 44.5 Å². The van der Waals surface area contributed by atoms with Crippen LogP contribution in [0.1, 0.15) is 22.3 Å². The summed E-state index contributed by atoms with van der Waals surface area (Å²) in [5.41, 5.74) is 1.56. The molecule has 2 aromatic rings. The van der Waals surface area contributed by atoms with Crippen LogP contribution >= 0.6 is 0 Å². The minimum Gasteiger partial charge on any atom is -0.388 e. The number of carbonyl (C=O) groups excluding carboxylic acids is 2. The van der Waals surface area contributed by atoms with Crippen molar-refractivity contribution in [3.8, 4) is 0 Å². The molecule has 2 amide bonds. The first-order valence-electron chi connectivity index (χ1n) is 11.2. The van der Waals surface area contributed by atoms with E-state index in [0.29, 0.717) is 31.7 Å². The number of carbonyl (C=O) groups is 2. The first-order valence-corrected chi connectivity index (χ1v) is 11.2. The number of hydrogen-bond acceptors (Lipinski definition) is 7. The van der Waals surface area contributed by atoms with E-state index in [-0.39, 0.29) is 24.8 Å². The van der Waals surface area contributed by atoms with E-state index in [9.17, 15) is 19.8 Å². The zero-order valence-corrected chi connectivity index (χ0v) is 18.6. The van der Waals surface area contributed by atoms with Gasteiger partial charge in [-0.25, -0.2) is 4.98 Å². The largest absolute Gasteiger partial charge is 0.388 e. The van der Waals surface area contributed by atoms with Crippen LogP contribution in [0.4, 0.5) is 5.82 Å². The van der Waals surface area contributed by atoms with Gasteiger partial charge < -0.3 is 30.1 Å². The van der Waals surface area contributed by atoms with E-state index in [1.807, 2.05) is 37.3 Å². The predicted octanol–water partition coefficient (Wildman–Crippen LogP) is 0.348. The highest BCUT2D eigenvalue weighted by Gasteiger charge is 2.44. The van der Waals surface area contributed by atoms with Gasteiger partial charge in [-0.1, -0.05) is 23.8 Å². The fourth-order valence-corrected chi connectivity index (χ4v) is 4.19. The second-order valence-electron chi connectivity index (χ2n) is 8.53. The number of hydrogen-bond donors (Lipinski definition) is 3. The second kappa shape index (κ2) is 10.3. The van der Waals surface area contributed by atoms with Crippen molar-refractivity contribution in [3.05, 3.63) is 59.8 Å². The Morgan fingerprint density at radius 1 is 1.03 bits per heavy atom. The monoisotopic (exact) mass is 454 g/mol. The summed E-state index contributed by atoms with van der Waals surface area (Å²) >= 11 is 0. The number of amides is 2. The predicted molar refractivity (Wildman–Crippen MR) is 122 cm³/mol. The van der Waals surface area contributed by atoms with Crippen molar-refractivity contribution in [2.45, 2.75) is 37.8 Å². The minimum absolute atomic E-state index is 0.0236. The third-order valence-corrected chi connectivity index (χ3v) is 6.22. The molecule has 0 radical (unpaired) electrons. The van der Waals surface area contributed by atoms with E-state index in [4.69, 9.17) is 4.74 Å². The van der Waals surface area contributed by atoms with Gasteiger partial charge in [0.2, 0.25) is 5.91 Å². The number of nitrogens with zero attached hydrogens (tertiary/aromatic N) is 3. The zero-order chi connectivity index (χ0) is 23.4. The number of aliphatic hydroxyl groups is 2. The first kappa shape index (κ1) is 23.2. The van der Waals surface area contributed by atoms with E-state index < -0.39 is 24.4 Å². The highest BCUT2D eigenvalue weighted by molar-refractivity contribution is 5.94. The van der Waals surface area contributed by atoms with Crippen molar-refractivity contribution < 1.29 is 24.5 Å². The summed E-state index contributed by atoms with van der Waals surface area (Å²) in [4.78, 5) is 33.3. The Morgan fingerprint density at radius 2 is 1.73 bits per heavy atom. The standard InChI is InChI=1S/C24H30N4O5/c1-16-5-7-17(8-6-16)24(32)26-15-19-23(31)22(30)18(33-19)14-21(29)28-12-10-27(11-13-28)20-4-2-3-9-25-20/h2-9,18-19,22-23,30-31H,10-15H2,1H3,(H,26,32)/t18-,19+,22-,23+/m0/s1. The molecule has 3 N–H and O–H groups in total. The van der Waals surface area contributed by atoms with Crippen LogP contribution < -0.4 is 10.2 Å². The summed E-state index contributed by atoms with van der Waals surface area (Å²) in [6.45, 7) is 4.43. The number of pyridine rings is 1. The summed E-state index contributed by atoms with van der Waals surface area (Å²) in [7, 11) is 0. The molecule has 33 heavy (non-hydrogen) atoms. The molecule has 1 aromatic carbocycles. The molecule has 1 aromatic heterocycles. The maximum absolute atomic E-state index is 12.8. The molecule has 2 aliphatic heterocycles. The Kier molecular flexibility index (Phi) is 7.22. The van der Waals surface area contributed by atoms with Crippen molar-refractivity contribution in [3.63, 3.8) is 0 Å². The molecule has 176 valence electrons. The van der Waals surface area contributed by atoms with Crippen LogP contribution in [0.3, 0.4) is 0 Å². The minimum atomic E-state index is -1.19. The van der Waals surface area contributed by atoms with Crippen LogP contribution in [-0.4, -0.2) is 89.1 Å². The number of piperazine rings is 1. The lowest BCUT2D eigenvalue weighted by atomic mass is 10.0. The molecule has 0 unspecified atom stereocenters. The molecule has 9 heteroatoms. The van der Waals surface area contributed by atoms with E-state index in [0.717, 1.165) is 11.4 Å². The number of rotatable bonds is 6. The summed E-state index contributed by atoms with van der Waals surface area (Å²) in [5.74, 6) is 0.472. The Balaban J connectivity index is 1.25. The van der Waals surface area contributed by atoms with Crippen LogP contribution in [0.5, 0.6) is 0 Å². The van der Waals surface area contributed by atoms with Gasteiger partial charge in [-0.05, 0) is 31.2 Å². The molecular formula is C24H30N4O5. The van der Waals surface area contributed by atoms with Crippen LogP contribution in [0.2, 0.25) is 0 Å². The van der Waals surface area contributed by atoms with Gasteiger partial charge in [0.05, 0.1) is 12.5 Å². The van der Waals surface area contributed by atoms with Gasteiger partial charge in [0.15, 0.2) is 0 Å². The fraction of sp³-hybridized carbons (Fsp3) is 0.458. The summed E-state index contributed by atoms with van der Waals surface area (Å²) in [6.07, 6.45) is -2.25. The molecule has 2 aliphatic rings. The Bertz CT molecular complexity index is 947. The van der Waals surface area contributed by atoms with E-state index in [1.54, 1.807) is 23.2 Å². The van der Waals surface area contributed by atoms with Crippen molar-refractivity contribution in [2.75, 3.05) is 37.6 Å².